The Morgan fingerprint density at radius 2 is 2.11 bits per heavy atom. The number of aromatic nitrogens is 3. The Balaban J connectivity index is 1.88. The molecule has 0 spiro atoms. The average Bonchev–Trinajstić information content (AvgIpc) is 2.75. The number of nitrogens with one attached hydrogen (secondary N) is 1. The Morgan fingerprint density at radius 3 is 2.74 bits per heavy atom. The van der Waals surface area contributed by atoms with Gasteiger partial charge in [0.25, 0.3) is 0 Å². The van der Waals surface area contributed by atoms with Crippen molar-refractivity contribution in [3.63, 3.8) is 0 Å². The third-order valence-electron chi connectivity index (χ3n) is 3.34. The summed E-state index contributed by atoms with van der Waals surface area (Å²) < 4.78 is 1.74. The van der Waals surface area contributed by atoms with Crippen LogP contribution in [-0.4, -0.2) is 21.3 Å². The predicted molar refractivity (Wildman–Crippen MR) is 77.0 cm³/mol. The van der Waals surface area contributed by atoms with Gasteiger partial charge >= 0.3 is 0 Å². The van der Waals surface area contributed by atoms with Crippen LogP contribution in [0.5, 0.6) is 0 Å². The maximum absolute atomic E-state index is 4.27. The minimum absolute atomic E-state index is 0.351. The van der Waals surface area contributed by atoms with Crippen molar-refractivity contribution in [1.82, 2.24) is 20.1 Å². The van der Waals surface area contributed by atoms with E-state index in [0.717, 1.165) is 18.8 Å². The number of nitrogens with zero attached hydrogens (tertiary/aromatic N) is 3. The SMILES string of the molecule is Cc1ccc(C(C)NCCc2ncn(C)n2)c(C)c1. The third-order valence-corrected chi connectivity index (χ3v) is 3.34. The Hall–Kier alpha value is -1.68. The van der Waals surface area contributed by atoms with Gasteiger partial charge in [-0.05, 0) is 31.9 Å². The molecule has 1 aromatic heterocycles. The lowest BCUT2D eigenvalue weighted by Gasteiger charge is -2.16. The van der Waals surface area contributed by atoms with Crippen LogP contribution in [-0.2, 0) is 13.5 Å². The highest BCUT2D eigenvalue weighted by molar-refractivity contribution is 5.32. The summed E-state index contributed by atoms with van der Waals surface area (Å²) in [6, 6.07) is 6.96. The highest BCUT2D eigenvalue weighted by Gasteiger charge is 2.08. The van der Waals surface area contributed by atoms with Crippen LogP contribution in [0.2, 0.25) is 0 Å². The van der Waals surface area contributed by atoms with Crippen LogP contribution in [0, 0.1) is 13.8 Å². The zero-order valence-electron chi connectivity index (χ0n) is 12.1. The normalized spacial score (nSPS) is 12.6. The van der Waals surface area contributed by atoms with Crippen molar-refractivity contribution in [2.75, 3.05) is 6.54 Å². The van der Waals surface area contributed by atoms with E-state index in [0.29, 0.717) is 6.04 Å². The lowest BCUT2D eigenvalue weighted by Crippen LogP contribution is -2.22. The maximum Gasteiger partial charge on any atom is 0.151 e. The quantitative estimate of drug-likeness (QED) is 0.895. The van der Waals surface area contributed by atoms with Crippen LogP contribution < -0.4 is 5.32 Å². The zero-order valence-corrected chi connectivity index (χ0v) is 12.1. The van der Waals surface area contributed by atoms with Gasteiger partial charge in [0.2, 0.25) is 0 Å². The molecule has 0 saturated carbocycles. The fourth-order valence-electron chi connectivity index (χ4n) is 2.32. The summed E-state index contributed by atoms with van der Waals surface area (Å²) >= 11 is 0. The second-order valence-corrected chi connectivity index (χ2v) is 5.12. The van der Waals surface area contributed by atoms with Gasteiger partial charge in [0.05, 0.1) is 0 Å². The molecule has 4 heteroatoms. The van der Waals surface area contributed by atoms with Crippen molar-refractivity contribution >= 4 is 0 Å². The fraction of sp³-hybridized carbons (Fsp3) is 0.467. The lowest BCUT2D eigenvalue weighted by atomic mass is 10.0. The number of aryl methyl sites for hydroxylation is 3. The molecule has 102 valence electrons. The molecule has 1 heterocycles. The highest BCUT2D eigenvalue weighted by Crippen LogP contribution is 2.18. The predicted octanol–water partition coefficient (Wildman–Crippen LogP) is 2.33. The zero-order chi connectivity index (χ0) is 13.8. The number of hydrogen-bond donors (Lipinski definition) is 1. The van der Waals surface area contributed by atoms with Crippen LogP contribution in [0.3, 0.4) is 0 Å². The number of rotatable bonds is 5. The molecule has 2 rings (SSSR count). The minimum Gasteiger partial charge on any atom is -0.310 e. The Bertz CT molecular complexity index is 545. The second kappa shape index (κ2) is 5.97. The Morgan fingerprint density at radius 1 is 1.32 bits per heavy atom. The van der Waals surface area contributed by atoms with E-state index in [1.807, 2.05) is 7.05 Å². The van der Waals surface area contributed by atoms with Crippen LogP contribution in [0.4, 0.5) is 0 Å². The van der Waals surface area contributed by atoms with Gasteiger partial charge in [0.15, 0.2) is 5.82 Å². The monoisotopic (exact) mass is 258 g/mol. The highest BCUT2D eigenvalue weighted by atomic mass is 15.3. The van der Waals surface area contributed by atoms with E-state index in [1.165, 1.54) is 16.7 Å². The van der Waals surface area contributed by atoms with E-state index >= 15 is 0 Å². The Labute approximate surface area is 114 Å². The molecular formula is C15H22N4. The lowest BCUT2D eigenvalue weighted by molar-refractivity contribution is 0.566. The van der Waals surface area contributed by atoms with E-state index in [9.17, 15) is 0 Å². The summed E-state index contributed by atoms with van der Waals surface area (Å²) in [6.07, 6.45) is 2.60. The van der Waals surface area contributed by atoms with Crippen LogP contribution in [0.1, 0.15) is 35.5 Å². The topological polar surface area (TPSA) is 42.7 Å². The smallest absolute Gasteiger partial charge is 0.151 e. The molecule has 1 aromatic carbocycles. The summed E-state index contributed by atoms with van der Waals surface area (Å²) in [5.41, 5.74) is 4.02. The molecule has 19 heavy (non-hydrogen) atoms. The van der Waals surface area contributed by atoms with Gasteiger partial charge in [-0.1, -0.05) is 23.8 Å². The molecular weight excluding hydrogens is 236 g/mol. The van der Waals surface area contributed by atoms with Crippen LogP contribution in [0.25, 0.3) is 0 Å². The molecule has 1 N–H and O–H groups in total. The van der Waals surface area contributed by atoms with Gasteiger partial charge < -0.3 is 5.32 Å². The van der Waals surface area contributed by atoms with E-state index in [2.05, 4.69) is 54.4 Å². The first kappa shape index (κ1) is 13.7. The summed E-state index contributed by atoms with van der Waals surface area (Å²) in [6.45, 7) is 7.38. The molecule has 4 nitrogen and oxygen atoms in total. The van der Waals surface area contributed by atoms with E-state index in [1.54, 1.807) is 11.0 Å². The molecule has 0 bridgehead atoms. The fourth-order valence-corrected chi connectivity index (χ4v) is 2.32. The van der Waals surface area contributed by atoms with Crippen molar-refractivity contribution in [2.45, 2.75) is 33.2 Å². The van der Waals surface area contributed by atoms with Crippen molar-refractivity contribution < 1.29 is 0 Å². The summed E-state index contributed by atoms with van der Waals surface area (Å²) in [5.74, 6) is 0.892. The van der Waals surface area contributed by atoms with E-state index < -0.39 is 0 Å². The van der Waals surface area contributed by atoms with Crippen LogP contribution in [0.15, 0.2) is 24.5 Å². The molecule has 0 radical (unpaired) electrons. The first-order chi connectivity index (χ1) is 9.06. The van der Waals surface area contributed by atoms with Crippen molar-refractivity contribution in [3.8, 4) is 0 Å². The average molecular weight is 258 g/mol. The van der Waals surface area contributed by atoms with E-state index in [-0.39, 0.29) is 0 Å². The molecule has 1 atom stereocenters. The van der Waals surface area contributed by atoms with Gasteiger partial charge in [-0.15, -0.1) is 0 Å². The van der Waals surface area contributed by atoms with Gasteiger partial charge in [-0.25, -0.2) is 4.98 Å². The minimum atomic E-state index is 0.351. The first-order valence-corrected chi connectivity index (χ1v) is 6.71. The molecule has 0 amide bonds. The van der Waals surface area contributed by atoms with Crippen LogP contribution >= 0.6 is 0 Å². The Kier molecular flexibility index (Phi) is 4.32. The van der Waals surface area contributed by atoms with E-state index in [4.69, 9.17) is 0 Å². The molecule has 1 unspecified atom stereocenters. The van der Waals surface area contributed by atoms with Crippen molar-refractivity contribution in [3.05, 3.63) is 47.0 Å². The number of hydrogen-bond acceptors (Lipinski definition) is 3. The van der Waals surface area contributed by atoms with Gasteiger partial charge in [-0.2, -0.15) is 5.10 Å². The molecule has 0 aliphatic carbocycles. The van der Waals surface area contributed by atoms with Gasteiger partial charge in [-0.3, -0.25) is 4.68 Å². The van der Waals surface area contributed by atoms with Gasteiger partial charge in [0, 0.05) is 26.1 Å². The van der Waals surface area contributed by atoms with Gasteiger partial charge in [0.1, 0.15) is 6.33 Å². The summed E-state index contributed by atoms with van der Waals surface area (Å²) in [4.78, 5) is 4.23. The molecule has 0 aliphatic rings. The molecule has 2 aromatic rings. The maximum atomic E-state index is 4.27. The largest absolute Gasteiger partial charge is 0.310 e. The third kappa shape index (κ3) is 3.64. The molecule has 0 fully saturated rings. The molecule has 0 aliphatic heterocycles. The second-order valence-electron chi connectivity index (χ2n) is 5.12. The van der Waals surface area contributed by atoms with Crippen molar-refractivity contribution in [1.29, 1.82) is 0 Å². The van der Waals surface area contributed by atoms with Crippen molar-refractivity contribution in [2.24, 2.45) is 7.05 Å². The number of benzene rings is 1. The molecule has 0 saturated heterocycles. The summed E-state index contributed by atoms with van der Waals surface area (Å²) in [7, 11) is 1.89. The first-order valence-electron chi connectivity index (χ1n) is 6.71. The summed E-state index contributed by atoms with van der Waals surface area (Å²) in [5, 5.41) is 7.80. The standard InChI is InChI=1S/C15H22N4/c1-11-5-6-14(12(2)9-11)13(3)16-8-7-15-17-10-19(4)18-15/h5-6,9-10,13,16H,7-8H2,1-4H3.